The van der Waals surface area contributed by atoms with E-state index in [1.165, 1.54) is 31.7 Å². The fourth-order valence-corrected chi connectivity index (χ4v) is 4.88. The van der Waals surface area contributed by atoms with E-state index in [2.05, 4.69) is 15.2 Å². The third kappa shape index (κ3) is 3.61. The van der Waals surface area contributed by atoms with Crippen LogP contribution < -0.4 is 10.2 Å². The Morgan fingerprint density at radius 3 is 2.42 bits per heavy atom. The van der Waals surface area contributed by atoms with Gasteiger partial charge in [0.25, 0.3) is 0 Å². The van der Waals surface area contributed by atoms with Crippen LogP contribution in [-0.2, 0) is 6.18 Å². The lowest BCUT2D eigenvalue weighted by Gasteiger charge is -2.38. The molecule has 0 amide bonds. The predicted octanol–water partition coefficient (Wildman–Crippen LogP) is 3.29. The molecule has 1 aliphatic heterocycles. The van der Waals surface area contributed by atoms with E-state index in [4.69, 9.17) is 12.2 Å². The number of piperazine rings is 1. The average molecular weight is 384 g/mol. The quantitative estimate of drug-likeness (QED) is 0.791. The molecule has 2 bridgehead atoms. The Morgan fingerprint density at radius 2 is 1.88 bits per heavy atom. The zero-order valence-electron chi connectivity index (χ0n) is 14.5. The van der Waals surface area contributed by atoms with Crippen LogP contribution in [0.5, 0.6) is 0 Å². The Balaban J connectivity index is 1.29. The van der Waals surface area contributed by atoms with Gasteiger partial charge in [-0.25, -0.2) is 4.98 Å². The molecule has 1 N–H and O–H groups in total. The summed E-state index contributed by atoms with van der Waals surface area (Å²) in [5, 5.41) is 4.38. The van der Waals surface area contributed by atoms with Gasteiger partial charge in [-0.3, -0.25) is 0 Å². The van der Waals surface area contributed by atoms with E-state index < -0.39 is 11.7 Å². The molecule has 2 saturated carbocycles. The third-order valence-electron chi connectivity index (χ3n) is 6.01. The van der Waals surface area contributed by atoms with Crippen molar-refractivity contribution in [2.75, 3.05) is 31.1 Å². The van der Waals surface area contributed by atoms with Crippen LogP contribution in [0.2, 0.25) is 0 Å². The minimum Gasteiger partial charge on any atom is -0.360 e. The highest BCUT2D eigenvalue weighted by Gasteiger charge is 2.40. The lowest BCUT2D eigenvalue weighted by atomic mass is 9.95. The van der Waals surface area contributed by atoms with Crippen LogP contribution in [0.3, 0.4) is 0 Å². The molecule has 0 radical (unpaired) electrons. The van der Waals surface area contributed by atoms with Gasteiger partial charge in [0.05, 0.1) is 5.56 Å². The molecular weight excluding hydrogens is 361 g/mol. The van der Waals surface area contributed by atoms with Crippen molar-refractivity contribution in [2.24, 2.45) is 11.8 Å². The summed E-state index contributed by atoms with van der Waals surface area (Å²) in [4.78, 5) is 8.17. The van der Waals surface area contributed by atoms with Crippen LogP contribution in [0.4, 0.5) is 19.0 Å². The molecule has 26 heavy (non-hydrogen) atoms. The van der Waals surface area contributed by atoms with Crippen molar-refractivity contribution in [1.29, 1.82) is 0 Å². The highest BCUT2D eigenvalue weighted by molar-refractivity contribution is 7.80. The van der Waals surface area contributed by atoms with E-state index >= 15 is 0 Å². The van der Waals surface area contributed by atoms with Crippen molar-refractivity contribution in [1.82, 2.24) is 15.2 Å². The van der Waals surface area contributed by atoms with E-state index in [-0.39, 0.29) is 0 Å². The van der Waals surface area contributed by atoms with E-state index in [1.54, 1.807) is 0 Å². The van der Waals surface area contributed by atoms with Crippen LogP contribution in [-0.4, -0.2) is 47.2 Å². The Hall–Kier alpha value is -1.57. The molecule has 4 nitrogen and oxygen atoms in total. The molecule has 142 valence electrons. The summed E-state index contributed by atoms with van der Waals surface area (Å²) in [6, 6.07) is 3.07. The van der Waals surface area contributed by atoms with Crippen molar-refractivity contribution in [3.05, 3.63) is 23.9 Å². The first-order valence-corrected chi connectivity index (χ1v) is 9.64. The van der Waals surface area contributed by atoms with Gasteiger partial charge in [-0.15, -0.1) is 0 Å². The maximum absolute atomic E-state index is 12.6. The summed E-state index contributed by atoms with van der Waals surface area (Å²) < 4.78 is 37.9. The Labute approximate surface area is 156 Å². The third-order valence-corrected chi connectivity index (χ3v) is 6.39. The van der Waals surface area contributed by atoms with Crippen LogP contribution in [0.15, 0.2) is 18.3 Å². The van der Waals surface area contributed by atoms with Gasteiger partial charge in [0, 0.05) is 38.4 Å². The minimum atomic E-state index is -4.35. The summed E-state index contributed by atoms with van der Waals surface area (Å²) >= 11 is 5.60. The van der Waals surface area contributed by atoms with Gasteiger partial charge in [-0.1, -0.05) is 6.42 Å². The summed E-state index contributed by atoms with van der Waals surface area (Å²) in [5.74, 6) is 2.24. The van der Waals surface area contributed by atoms with E-state index in [0.29, 0.717) is 24.9 Å². The first-order valence-electron chi connectivity index (χ1n) is 9.24. The smallest absolute Gasteiger partial charge is 0.360 e. The number of hydrogen-bond donors (Lipinski definition) is 1. The number of pyridine rings is 1. The van der Waals surface area contributed by atoms with Crippen molar-refractivity contribution in [3.8, 4) is 0 Å². The van der Waals surface area contributed by atoms with Gasteiger partial charge in [0.2, 0.25) is 0 Å². The second-order valence-electron chi connectivity index (χ2n) is 7.61. The fourth-order valence-electron chi connectivity index (χ4n) is 4.55. The number of fused-ring (bicyclic) bond motifs is 2. The van der Waals surface area contributed by atoms with Gasteiger partial charge in [0.15, 0.2) is 5.11 Å². The normalized spacial score (nSPS) is 28.5. The summed E-state index contributed by atoms with van der Waals surface area (Å²) in [6.07, 6.45) is 1.82. The number of thiocarbonyl (C=S) groups is 1. The number of halogens is 3. The summed E-state index contributed by atoms with van der Waals surface area (Å²) in [6.45, 7) is 2.93. The number of hydrogen-bond acceptors (Lipinski definition) is 3. The molecule has 4 rings (SSSR count). The van der Waals surface area contributed by atoms with Crippen LogP contribution in [0, 0.1) is 11.8 Å². The molecule has 1 aromatic rings. The molecule has 0 aromatic carbocycles. The van der Waals surface area contributed by atoms with Crippen molar-refractivity contribution < 1.29 is 13.2 Å². The van der Waals surface area contributed by atoms with Gasteiger partial charge >= 0.3 is 6.18 Å². The number of anilines is 1. The molecule has 2 heterocycles. The molecule has 2 aliphatic carbocycles. The largest absolute Gasteiger partial charge is 0.417 e. The second kappa shape index (κ2) is 6.87. The van der Waals surface area contributed by atoms with Crippen molar-refractivity contribution >= 4 is 23.1 Å². The van der Waals surface area contributed by atoms with Crippen LogP contribution >= 0.6 is 12.2 Å². The monoisotopic (exact) mass is 384 g/mol. The Morgan fingerprint density at radius 1 is 1.12 bits per heavy atom. The molecule has 3 aliphatic rings. The zero-order valence-corrected chi connectivity index (χ0v) is 15.3. The van der Waals surface area contributed by atoms with Crippen molar-refractivity contribution in [3.63, 3.8) is 0 Å². The van der Waals surface area contributed by atoms with Gasteiger partial charge in [0.1, 0.15) is 5.82 Å². The van der Waals surface area contributed by atoms with E-state index in [9.17, 15) is 13.2 Å². The zero-order chi connectivity index (χ0) is 18.3. The molecular formula is C18H23F3N4S. The maximum Gasteiger partial charge on any atom is 0.417 e. The number of nitrogens with one attached hydrogen (secondary N) is 1. The molecule has 1 saturated heterocycles. The molecule has 0 spiro atoms. The fraction of sp³-hybridized carbons (Fsp3) is 0.667. The topological polar surface area (TPSA) is 31.4 Å². The average Bonchev–Trinajstić information content (AvgIpc) is 3.24. The van der Waals surface area contributed by atoms with E-state index in [1.807, 2.05) is 4.90 Å². The Bertz CT molecular complexity index is 655. The summed E-state index contributed by atoms with van der Waals surface area (Å²) in [5.41, 5.74) is -0.712. The van der Waals surface area contributed by atoms with Crippen LogP contribution in [0.1, 0.15) is 31.2 Å². The number of nitrogens with zero attached hydrogens (tertiary/aromatic N) is 3. The van der Waals surface area contributed by atoms with Crippen molar-refractivity contribution in [2.45, 2.75) is 37.9 Å². The lowest BCUT2D eigenvalue weighted by molar-refractivity contribution is -0.137. The molecule has 1 aromatic heterocycles. The van der Waals surface area contributed by atoms with Gasteiger partial charge in [-0.05, 0) is 55.4 Å². The Kier molecular flexibility index (Phi) is 4.71. The number of aromatic nitrogens is 1. The maximum atomic E-state index is 12.6. The SMILES string of the molecule is FC(F)(F)c1ccc(N2CCN(C(=S)N[C@H]3C[C@H]4CC[C@@H]3C4)CC2)nc1. The van der Waals surface area contributed by atoms with Gasteiger partial charge in [-0.2, -0.15) is 13.2 Å². The van der Waals surface area contributed by atoms with Gasteiger partial charge < -0.3 is 15.1 Å². The first-order chi connectivity index (χ1) is 12.4. The molecule has 8 heteroatoms. The predicted molar refractivity (Wildman–Crippen MR) is 98.0 cm³/mol. The first kappa shape index (κ1) is 17.8. The molecule has 0 unspecified atom stereocenters. The number of rotatable bonds is 2. The highest BCUT2D eigenvalue weighted by Crippen LogP contribution is 2.44. The van der Waals surface area contributed by atoms with Crippen LogP contribution in [0.25, 0.3) is 0 Å². The van der Waals surface area contributed by atoms with E-state index in [0.717, 1.165) is 42.3 Å². The highest BCUT2D eigenvalue weighted by atomic mass is 32.1. The minimum absolute atomic E-state index is 0.524. The lowest BCUT2D eigenvalue weighted by Crippen LogP contribution is -2.54. The summed E-state index contributed by atoms with van der Waals surface area (Å²) in [7, 11) is 0. The second-order valence-corrected chi connectivity index (χ2v) is 7.99. The molecule has 3 fully saturated rings. The standard InChI is InChI=1S/C18H23F3N4S/c19-18(20,21)14-3-4-16(22-11-14)24-5-7-25(8-6-24)17(26)23-15-10-12-1-2-13(15)9-12/h3-4,11-13,15H,1-2,5-10H2,(H,23,26)/t12-,13+,15-/m0/s1. The molecule has 3 atom stereocenters. The number of alkyl halides is 3.